The molecule has 0 radical (unpaired) electrons. The zero-order valence-electron chi connectivity index (χ0n) is 23.9. The number of hydrogen-bond acceptors (Lipinski definition) is 6. The van der Waals surface area contributed by atoms with Gasteiger partial charge in [-0.15, -0.1) is 0 Å². The van der Waals surface area contributed by atoms with E-state index in [4.69, 9.17) is 4.74 Å². The first-order chi connectivity index (χ1) is 18.9. The Balaban J connectivity index is 1.64. The number of Topliss-reactive ketones (excluding diaryl/α,β-unsaturated/α-hetero) is 1. The lowest BCUT2D eigenvalue weighted by molar-refractivity contribution is -0.139. The molecule has 0 saturated carbocycles. The number of ether oxygens (including phenoxy) is 1. The summed E-state index contributed by atoms with van der Waals surface area (Å²) < 4.78 is 5.70. The summed E-state index contributed by atoms with van der Waals surface area (Å²) in [6.45, 7) is 8.44. The van der Waals surface area contributed by atoms with Gasteiger partial charge in [0.1, 0.15) is 12.1 Å². The number of unbranched alkanes of at least 4 members (excludes halogenated alkanes) is 1. The molecule has 0 spiro atoms. The topological polar surface area (TPSA) is 145 Å². The Morgan fingerprint density at radius 1 is 1.15 bits per heavy atom. The predicted octanol–water partition coefficient (Wildman–Crippen LogP) is 3.49. The van der Waals surface area contributed by atoms with E-state index in [0.29, 0.717) is 32.4 Å². The number of rotatable bonds is 12. The summed E-state index contributed by atoms with van der Waals surface area (Å²) >= 11 is 0. The number of likely N-dealkylation sites (tertiary alicyclic amines) is 2. The Morgan fingerprint density at radius 2 is 1.85 bits per heavy atom. The van der Waals surface area contributed by atoms with Crippen molar-refractivity contribution in [2.75, 3.05) is 19.6 Å². The highest BCUT2D eigenvalue weighted by atomic mass is 16.6. The SMILES string of the molecule is CCCC[C@H](NC(=O)O[C@@H]1CN(C(=O)O)C(CCN2CCCC2=O)C1(C)C)C(=O)C(=O)N[C@H](C)c1ccccc1. The minimum Gasteiger partial charge on any atom is -0.465 e. The number of carbonyl (C=O) groups is 5. The van der Waals surface area contributed by atoms with Crippen molar-refractivity contribution < 1.29 is 33.8 Å². The number of benzene rings is 1. The second kappa shape index (κ2) is 13.6. The Bertz CT molecular complexity index is 1080. The number of hydrogen-bond donors (Lipinski definition) is 3. The number of carboxylic acid groups (broad SMARTS) is 1. The van der Waals surface area contributed by atoms with Crippen LogP contribution in [0.1, 0.15) is 77.8 Å². The van der Waals surface area contributed by atoms with Crippen molar-refractivity contribution in [1.82, 2.24) is 20.4 Å². The smallest absolute Gasteiger partial charge is 0.408 e. The molecule has 0 aromatic heterocycles. The van der Waals surface area contributed by atoms with Crippen LogP contribution in [0.2, 0.25) is 0 Å². The van der Waals surface area contributed by atoms with Crippen LogP contribution in [0.4, 0.5) is 9.59 Å². The number of nitrogens with zero attached hydrogens (tertiary/aromatic N) is 2. The van der Waals surface area contributed by atoms with Gasteiger partial charge in [0.2, 0.25) is 11.7 Å². The quantitative estimate of drug-likeness (QED) is 0.333. The third-order valence-electron chi connectivity index (χ3n) is 8.09. The van der Waals surface area contributed by atoms with Crippen LogP contribution in [0, 0.1) is 5.41 Å². The first kappa shape index (κ1) is 30.9. The van der Waals surface area contributed by atoms with Gasteiger partial charge in [0.05, 0.1) is 12.6 Å². The van der Waals surface area contributed by atoms with Crippen molar-refractivity contribution in [3.8, 4) is 0 Å². The molecule has 2 fully saturated rings. The second-order valence-corrected chi connectivity index (χ2v) is 11.2. The predicted molar refractivity (Wildman–Crippen MR) is 147 cm³/mol. The average Bonchev–Trinajstić information content (AvgIpc) is 3.44. The monoisotopic (exact) mass is 558 g/mol. The van der Waals surface area contributed by atoms with E-state index < -0.39 is 53.5 Å². The molecule has 220 valence electrons. The summed E-state index contributed by atoms with van der Waals surface area (Å²) in [4.78, 5) is 65.9. The first-order valence-corrected chi connectivity index (χ1v) is 14.1. The zero-order valence-corrected chi connectivity index (χ0v) is 23.9. The van der Waals surface area contributed by atoms with Gasteiger partial charge in [-0.25, -0.2) is 9.59 Å². The van der Waals surface area contributed by atoms with Crippen LogP contribution in [-0.2, 0) is 19.1 Å². The lowest BCUT2D eigenvalue weighted by atomic mass is 9.81. The molecule has 2 aliphatic rings. The molecular formula is C29H42N4O7. The van der Waals surface area contributed by atoms with Crippen LogP contribution < -0.4 is 10.6 Å². The Hall–Kier alpha value is -3.63. The minimum absolute atomic E-state index is 0.0307. The van der Waals surface area contributed by atoms with E-state index in [9.17, 15) is 29.1 Å². The summed E-state index contributed by atoms with van der Waals surface area (Å²) in [5, 5.41) is 15.1. The van der Waals surface area contributed by atoms with Gasteiger partial charge in [-0.1, -0.05) is 63.9 Å². The molecule has 2 aliphatic heterocycles. The van der Waals surface area contributed by atoms with Crippen LogP contribution in [0.5, 0.6) is 0 Å². The van der Waals surface area contributed by atoms with Gasteiger partial charge in [-0.05, 0) is 31.7 Å². The molecule has 4 atom stereocenters. The molecule has 1 unspecified atom stereocenters. The van der Waals surface area contributed by atoms with E-state index in [1.807, 2.05) is 51.1 Å². The van der Waals surface area contributed by atoms with E-state index in [2.05, 4.69) is 10.6 Å². The lowest BCUT2D eigenvalue weighted by Crippen LogP contribution is -2.49. The lowest BCUT2D eigenvalue weighted by Gasteiger charge is -2.34. The van der Waals surface area contributed by atoms with Gasteiger partial charge in [0.15, 0.2) is 0 Å². The van der Waals surface area contributed by atoms with E-state index in [1.54, 1.807) is 11.8 Å². The molecular weight excluding hydrogens is 516 g/mol. The maximum Gasteiger partial charge on any atom is 0.408 e. The fourth-order valence-electron chi connectivity index (χ4n) is 5.54. The van der Waals surface area contributed by atoms with Crippen molar-refractivity contribution in [2.45, 2.75) is 90.4 Å². The van der Waals surface area contributed by atoms with Crippen LogP contribution >= 0.6 is 0 Å². The van der Waals surface area contributed by atoms with Crippen molar-refractivity contribution >= 4 is 29.8 Å². The highest BCUT2D eigenvalue weighted by Crippen LogP contribution is 2.40. The van der Waals surface area contributed by atoms with Crippen molar-refractivity contribution in [3.05, 3.63) is 35.9 Å². The third kappa shape index (κ3) is 7.51. The number of ketones is 1. The van der Waals surface area contributed by atoms with E-state index in [1.165, 1.54) is 4.90 Å². The van der Waals surface area contributed by atoms with Crippen molar-refractivity contribution in [1.29, 1.82) is 0 Å². The zero-order chi connectivity index (χ0) is 29.4. The Labute approximate surface area is 235 Å². The highest BCUT2D eigenvalue weighted by molar-refractivity contribution is 6.38. The normalized spacial score (nSPS) is 21.6. The fourth-order valence-corrected chi connectivity index (χ4v) is 5.54. The number of alkyl carbamates (subject to hydrolysis) is 1. The summed E-state index contributed by atoms with van der Waals surface area (Å²) in [7, 11) is 0. The van der Waals surface area contributed by atoms with Crippen LogP contribution in [0.25, 0.3) is 0 Å². The van der Waals surface area contributed by atoms with Gasteiger partial charge < -0.3 is 30.3 Å². The van der Waals surface area contributed by atoms with Gasteiger partial charge in [-0.2, -0.15) is 0 Å². The molecule has 11 nitrogen and oxygen atoms in total. The largest absolute Gasteiger partial charge is 0.465 e. The molecule has 3 rings (SSSR count). The van der Waals surface area contributed by atoms with Crippen molar-refractivity contribution in [2.24, 2.45) is 5.41 Å². The van der Waals surface area contributed by atoms with Crippen molar-refractivity contribution in [3.63, 3.8) is 0 Å². The first-order valence-electron chi connectivity index (χ1n) is 14.1. The molecule has 1 aromatic rings. The third-order valence-corrected chi connectivity index (χ3v) is 8.09. The average molecular weight is 559 g/mol. The molecule has 2 saturated heterocycles. The van der Waals surface area contributed by atoms with Crippen LogP contribution in [0.3, 0.4) is 0 Å². The molecule has 4 amide bonds. The minimum atomic E-state index is -1.13. The van der Waals surface area contributed by atoms with E-state index >= 15 is 0 Å². The summed E-state index contributed by atoms with van der Waals surface area (Å²) in [5.41, 5.74) is 0.0976. The maximum absolute atomic E-state index is 13.0. The van der Waals surface area contributed by atoms with Gasteiger partial charge in [0.25, 0.3) is 5.91 Å². The van der Waals surface area contributed by atoms with E-state index in [-0.39, 0.29) is 18.9 Å². The van der Waals surface area contributed by atoms with Crippen LogP contribution in [0.15, 0.2) is 30.3 Å². The summed E-state index contributed by atoms with van der Waals surface area (Å²) in [5.74, 6) is -1.50. The van der Waals surface area contributed by atoms with E-state index in [0.717, 1.165) is 18.4 Å². The summed E-state index contributed by atoms with van der Waals surface area (Å²) in [6.07, 6.45) is 0.561. The molecule has 3 N–H and O–H groups in total. The van der Waals surface area contributed by atoms with Crippen LogP contribution in [-0.4, -0.2) is 82.5 Å². The highest BCUT2D eigenvalue weighted by Gasteiger charge is 2.52. The molecule has 11 heteroatoms. The van der Waals surface area contributed by atoms with Gasteiger partial charge >= 0.3 is 12.2 Å². The fraction of sp³-hybridized carbons (Fsp3) is 0.621. The molecule has 40 heavy (non-hydrogen) atoms. The van der Waals surface area contributed by atoms with Gasteiger partial charge in [-0.3, -0.25) is 14.4 Å². The summed E-state index contributed by atoms with van der Waals surface area (Å²) in [6, 6.07) is 7.29. The molecule has 0 aliphatic carbocycles. The Morgan fingerprint density at radius 3 is 2.45 bits per heavy atom. The molecule has 2 heterocycles. The number of amides is 4. The van der Waals surface area contributed by atoms with Gasteiger partial charge in [0, 0.05) is 31.0 Å². The second-order valence-electron chi connectivity index (χ2n) is 11.2. The number of nitrogens with one attached hydrogen (secondary N) is 2. The maximum atomic E-state index is 13.0. The Kier molecular flexibility index (Phi) is 10.5. The molecule has 1 aromatic carbocycles. The standard InChI is InChI=1S/C29H42N4O7/c1-5-6-13-21(25(35)26(36)30-19(2)20-11-8-7-9-12-20)31-27(37)40-23-18-33(28(38)39)22(29(23,3)4)15-17-32-16-10-14-24(32)34/h7-9,11-12,19,21-23H,5-6,10,13-18H2,1-4H3,(H,30,36)(H,31,37)(H,38,39)/t19-,21+,22?,23-/m1/s1. The molecule has 0 bridgehead atoms. The number of carbonyl (C=O) groups excluding carboxylic acids is 4.